The summed E-state index contributed by atoms with van der Waals surface area (Å²) >= 11 is 1.46. The molecule has 1 atom stereocenters. The molecule has 0 spiro atoms. The van der Waals surface area contributed by atoms with Gasteiger partial charge < -0.3 is 10.3 Å². The zero-order valence-electron chi connectivity index (χ0n) is 16.1. The Labute approximate surface area is 171 Å². The third kappa shape index (κ3) is 3.62. The molecule has 1 aliphatic heterocycles. The number of fused-ring (bicyclic) bond motifs is 1. The number of nitrogens with one attached hydrogen (secondary N) is 3. The van der Waals surface area contributed by atoms with E-state index in [0.29, 0.717) is 17.1 Å². The molecular formula is C21H22N6OS. The Hall–Kier alpha value is -2.81. The molecule has 0 aliphatic carbocycles. The van der Waals surface area contributed by atoms with Gasteiger partial charge in [0.15, 0.2) is 0 Å². The molecule has 148 valence electrons. The predicted octanol–water partition coefficient (Wildman–Crippen LogP) is 2.83. The van der Waals surface area contributed by atoms with Crippen molar-refractivity contribution in [1.29, 1.82) is 0 Å². The normalized spacial score (nSPS) is 17.8. The Kier molecular flexibility index (Phi) is 4.75. The SMILES string of the molecule is Cc1[nH]ncc1-c1cc2nc(CN3CCNC(c4ccccc4)C3)[nH]c(=O)c2s1. The van der Waals surface area contributed by atoms with E-state index >= 15 is 0 Å². The summed E-state index contributed by atoms with van der Waals surface area (Å²) < 4.78 is 0.659. The summed E-state index contributed by atoms with van der Waals surface area (Å²) in [6.45, 7) is 5.33. The molecule has 4 heterocycles. The summed E-state index contributed by atoms with van der Waals surface area (Å²) in [7, 11) is 0. The minimum Gasteiger partial charge on any atom is -0.308 e. The average molecular weight is 407 g/mol. The lowest BCUT2D eigenvalue weighted by Gasteiger charge is -2.33. The minimum atomic E-state index is -0.0721. The van der Waals surface area contributed by atoms with Gasteiger partial charge in [0.2, 0.25) is 0 Å². The summed E-state index contributed by atoms with van der Waals surface area (Å²) in [6.07, 6.45) is 1.79. The van der Waals surface area contributed by atoms with Gasteiger partial charge in [-0.25, -0.2) is 4.98 Å². The molecule has 8 heteroatoms. The standard InChI is InChI=1S/C21H22N6OS/c1-13-15(10-23-26-13)18-9-16-20(29-18)21(28)25-19(24-16)12-27-8-7-22-17(11-27)14-5-3-2-4-6-14/h2-6,9-10,17,22H,7-8,11-12H2,1H3,(H,23,26)(H,24,25,28). The highest BCUT2D eigenvalue weighted by atomic mass is 32.1. The number of benzene rings is 1. The van der Waals surface area contributed by atoms with Crippen LogP contribution in [0.4, 0.5) is 0 Å². The van der Waals surface area contributed by atoms with Crippen LogP contribution >= 0.6 is 11.3 Å². The van der Waals surface area contributed by atoms with Crippen LogP contribution in [0.5, 0.6) is 0 Å². The number of rotatable bonds is 4. The van der Waals surface area contributed by atoms with E-state index in [2.05, 4.69) is 49.7 Å². The molecule has 7 nitrogen and oxygen atoms in total. The molecule has 1 aromatic carbocycles. The van der Waals surface area contributed by atoms with E-state index in [-0.39, 0.29) is 11.6 Å². The molecule has 4 aromatic rings. The maximum Gasteiger partial charge on any atom is 0.268 e. The van der Waals surface area contributed by atoms with Crippen LogP contribution < -0.4 is 10.9 Å². The number of aromatic amines is 2. The van der Waals surface area contributed by atoms with E-state index in [1.165, 1.54) is 16.9 Å². The fraction of sp³-hybridized carbons (Fsp3) is 0.286. The summed E-state index contributed by atoms with van der Waals surface area (Å²) in [4.78, 5) is 23.7. The Morgan fingerprint density at radius 3 is 2.93 bits per heavy atom. The topological polar surface area (TPSA) is 89.7 Å². The molecule has 1 aliphatic rings. The number of aromatic nitrogens is 4. The van der Waals surface area contributed by atoms with Gasteiger partial charge in [-0.1, -0.05) is 30.3 Å². The molecule has 1 fully saturated rings. The highest BCUT2D eigenvalue weighted by Crippen LogP contribution is 2.32. The highest BCUT2D eigenvalue weighted by molar-refractivity contribution is 7.22. The lowest BCUT2D eigenvalue weighted by Crippen LogP contribution is -2.45. The first-order valence-electron chi connectivity index (χ1n) is 9.71. The molecule has 0 saturated carbocycles. The van der Waals surface area contributed by atoms with Crippen LogP contribution in [0.2, 0.25) is 0 Å². The fourth-order valence-electron chi connectivity index (χ4n) is 3.87. The third-order valence-corrected chi connectivity index (χ3v) is 6.52. The van der Waals surface area contributed by atoms with Crippen molar-refractivity contribution >= 4 is 21.6 Å². The van der Waals surface area contributed by atoms with Crippen LogP contribution in [-0.4, -0.2) is 44.7 Å². The van der Waals surface area contributed by atoms with Gasteiger partial charge in [0.05, 0.1) is 18.3 Å². The van der Waals surface area contributed by atoms with Crippen LogP contribution in [0, 0.1) is 6.92 Å². The van der Waals surface area contributed by atoms with Crippen molar-refractivity contribution in [1.82, 2.24) is 30.4 Å². The Bertz CT molecular complexity index is 1190. The van der Waals surface area contributed by atoms with Gasteiger partial charge in [-0.3, -0.25) is 14.8 Å². The molecule has 0 amide bonds. The molecule has 1 saturated heterocycles. The van der Waals surface area contributed by atoms with Crippen molar-refractivity contribution in [2.75, 3.05) is 19.6 Å². The predicted molar refractivity (Wildman–Crippen MR) is 115 cm³/mol. The van der Waals surface area contributed by atoms with Crippen LogP contribution in [-0.2, 0) is 6.54 Å². The molecule has 3 aromatic heterocycles. The number of thiophene rings is 1. The van der Waals surface area contributed by atoms with Gasteiger partial charge in [-0.15, -0.1) is 11.3 Å². The molecule has 3 N–H and O–H groups in total. The van der Waals surface area contributed by atoms with Crippen LogP contribution in [0.25, 0.3) is 20.7 Å². The Morgan fingerprint density at radius 2 is 2.14 bits per heavy atom. The highest BCUT2D eigenvalue weighted by Gasteiger charge is 2.22. The molecule has 29 heavy (non-hydrogen) atoms. The summed E-state index contributed by atoms with van der Waals surface area (Å²) in [5, 5.41) is 10.6. The number of aryl methyl sites for hydroxylation is 1. The van der Waals surface area contributed by atoms with E-state index in [9.17, 15) is 4.79 Å². The van der Waals surface area contributed by atoms with Gasteiger partial charge >= 0.3 is 0 Å². The quantitative estimate of drug-likeness (QED) is 0.485. The first kappa shape index (κ1) is 18.2. The monoisotopic (exact) mass is 406 g/mol. The zero-order chi connectivity index (χ0) is 19.8. The molecular weight excluding hydrogens is 384 g/mol. The van der Waals surface area contributed by atoms with Gasteiger partial charge in [0, 0.05) is 41.8 Å². The first-order valence-corrected chi connectivity index (χ1v) is 10.5. The number of piperazine rings is 1. The van der Waals surface area contributed by atoms with E-state index in [1.54, 1.807) is 6.20 Å². The summed E-state index contributed by atoms with van der Waals surface area (Å²) in [5.41, 5.74) is 3.96. The van der Waals surface area contributed by atoms with E-state index < -0.39 is 0 Å². The summed E-state index contributed by atoms with van der Waals surface area (Å²) in [5.74, 6) is 0.712. The first-order chi connectivity index (χ1) is 14.2. The maximum absolute atomic E-state index is 12.7. The number of hydrogen-bond acceptors (Lipinski definition) is 6. The Balaban J connectivity index is 1.39. The number of hydrogen-bond donors (Lipinski definition) is 3. The smallest absolute Gasteiger partial charge is 0.268 e. The van der Waals surface area contributed by atoms with Crippen molar-refractivity contribution in [3.8, 4) is 10.4 Å². The zero-order valence-corrected chi connectivity index (χ0v) is 16.9. The van der Waals surface area contributed by atoms with Crippen LogP contribution in [0.1, 0.15) is 23.1 Å². The van der Waals surface area contributed by atoms with Crippen molar-refractivity contribution in [2.24, 2.45) is 0 Å². The van der Waals surface area contributed by atoms with E-state index in [1.807, 2.05) is 19.1 Å². The maximum atomic E-state index is 12.7. The van der Waals surface area contributed by atoms with E-state index in [0.717, 1.165) is 41.3 Å². The minimum absolute atomic E-state index is 0.0721. The number of nitrogens with zero attached hydrogens (tertiary/aromatic N) is 3. The van der Waals surface area contributed by atoms with Gasteiger partial charge in [0.1, 0.15) is 10.5 Å². The Morgan fingerprint density at radius 1 is 1.28 bits per heavy atom. The van der Waals surface area contributed by atoms with E-state index in [4.69, 9.17) is 4.98 Å². The van der Waals surface area contributed by atoms with Crippen LogP contribution in [0.3, 0.4) is 0 Å². The third-order valence-electron chi connectivity index (χ3n) is 5.36. The largest absolute Gasteiger partial charge is 0.308 e. The fourth-order valence-corrected chi connectivity index (χ4v) is 4.93. The van der Waals surface area contributed by atoms with Gasteiger partial charge in [-0.2, -0.15) is 5.10 Å². The second-order valence-corrected chi connectivity index (χ2v) is 8.45. The van der Waals surface area contributed by atoms with Crippen molar-refractivity contribution in [3.05, 3.63) is 70.0 Å². The van der Waals surface area contributed by atoms with Crippen molar-refractivity contribution in [3.63, 3.8) is 0 Å². The van der Waals surface area contributed by atoms with Crippen LogP contribution in [0.15, 0.2) is 47.4 Å². The van der Waals surface area contributed by atoms with Crippen molar-refractivity contribution in [2.45, 2.75) is 19.5 Å². The summed E-state index contributed by atoms with van der Waals surface area (Å²) in [6, 6.07) is 12.8. The van der Waals surface area contributed by atoms with Gasteiger partial charge in [0.25, 0.3) is 5.56 Å². The van der Waals surface area contributed by atoms with Crippen molar-refractivity contribution < 1.29 is 0 Å². The second kappa shape index (κ2) is 7.55. The molecule has 0 radical (unpaired) electrons. The molecule has 5 rings (SSSR count). The average Bonchev–Trinajstić information content (AvgIpc) is 3.35. The van der Waals surface area contributed by atoms with Gasteiger partial charge in [-0.05, 0) is 18.6 Å². The molecule has 0 bridgehead atoms. The molecule has 1 unspecified atom stereocenters. The lowest BCUT2D eigenvalue weighted by molar-refractivity contribution is 0.189. The second-order valence-electron chi connectivity index (χ2n) is 7.40. The lowest BCUT2D eigenvalue weighted by atomic mass is 10.0. The number of H-pyrrole nitrogens is 2.